The molecule has 3 aliphatic rings. The maximum absolute atomic E-state index is 15.8. The number of nitrogens with one attached hydrogen (secondary N) is 2. The van der Waals surface area contributed by atoms with Crippen LogP contribution in [0, 0.1) is 12.8 Å². The number of thiol groups is 1. The highest BCUT2D eigenvalue weighted by molar-refractivity contribution is 8.44. The molecule has 6 rings (SSSR count). The quantitative estimate of drug-likeness (QED) is 0.236. The van der Waals surface area contributed by atoms with Crippen molar-refractivity contribution in [2.24, 2.45) is 5.92 Å². The average Bonchev–Trinajstić information content (AvgIpc) is 3.57. The van der Waals surface area contributed by atoms with Crippen molar-refractivity contribution in [1.82, 2.24) is 29.5 Å². The van der Waals surface area contributed by atoms with Crippen LogP contribution in [0.1, 0.15) is 18.5 Å². The molecular weight excluding hydrogens is 642 g/mol. The monoisotopic (exact) mass is 667 g/mol. The van der Waals surface area contributed by atoms with Crippen LogP contribution in [0.4, 0.5) is 14.6 Å². The second kappa shape index (κ2) is 11.5. The zero-order valence-electron chi connectivity index (χ0n) is 21.6. The van der Waals surface area contributed by atoms with Crippen molar-refractivity contribution in [3.8, 4) is 0 Å². The molecule has 2 unspecified atom stereocenters. The lowest BCUT2D eigenvalue weighted by Crippen LogP contribution is -2.34. The highest BCUT2D eigenvalue weighted by Crippen LogP contribution is 2.59. The summed E-state index contributed by atoms with van der Waals surface area (Å²) in [7, 11) is 0. The van der Waals surface area contributed by atoms with Gasteiger partial charge < -0.3 is 33.5 Å². The maximum atomic E-state index is 15.8. The minimum Gasteiger partial charge on any atom is -0.364 e. The number of aromatic amines is 1. The van der Waals surface area contributed by atoms with Crippen LogP contribution in [0.15, 0.2) is 29.7 Å². The topological polar surface area (TPSA) is 185 Å². The van der Waals surface area contributed by atoms with E-state index >= 15 is 8.78 Å². The van der Waals surface area contributed by atoms with Crippen molar-refractivity contribution in [2.75, 3.05) is 18.5 Å². The largest absolute Gasteiger partial charge is 0.386 e. The van der Waals surface area contributed by atoms with E-state index in [1.807, 2.05) is 0 Å². The summed E-state index contributed by atoms with van der Waals surface area (Å²) in [6.45, 7) is -7.98. The number of ether oxygens (including phenoxy) is 1. The number of aryl methyl sites for hydroxylation is 1. The van der Waals surface area contributed by atoms with E-state index in [9.17, 15) is 14.3 Å². The van der Waals surface area contributed by atoms with Crippen molar-refractivity contribution in [1.29, 1.82) is 0 Å². The molecule has 3 aromatic rings. The highest BCUT2D eigenvalue weighted by atomic mass is 32.7. The molecule has 0 aromatic carbocycles. The third-order valence-corrected chi connectivity index (χ3v) is 10.3. The summed E-state index contributed by atoms with van der Waals surface area (Å²) in [6.07, 6.45) is -5.42. The molecule has 1 saturated carbocycles. The summed E-state index contributed by atoms with van der Waals surface area (Å²) >= 11 is 9.18. The second-order valence-electron chi connectivity index (χ2n) is 9.94. The zero-order valence-corrected chi connectivity index (χ0v) is 25.1. The average molecular weight is 668 g/mol. The molecule has 0 radical (unpaired) electrons. The number of imidazole rings is 1. The molecule has 21 heteroatoms. The van der Waals surface area contributed by atoms with E-state index in [0.717, 1.165) is 0 Å². The second-order valence-corrected chi connectivity index (χ2v) is 15.6. The predicted molar refractivity (Wildman–Crippen MR) is 149 cm³/mol. The maximum Gasteiger partial charge on any atom is 0.386 e. The Kier molecular flexibility index (Phi) is 8.28. The van der Waals surface area contributed by atoms with Gasteiger partial charge in [0.2, 0.25) is 0 Å². The fraction of sp³-hybridized carbons (Fsp3) is 0.571. The van der Waals surface area contributed by atoms with Crippen LogP contribution in [0.2, 0.25) is 0 Å². The number of nitrogens with zero attached hydrogens (tertiary/aromatic N) is 5. The fourth-order valence-electron chi connectivity index (χ4n) is 5.20. The number of hydrogen-bond donors (Lipinski definition) is 4. The number of hydrogen-bond acceptors (Lipinski definition) is 13. The van der Waals surface area contributed by atoms with Crippen molar-refractivity contribution in [3.63, 3.8) is 0 Å². The lowest BCUT2D eigenvalue weighted by atomic mass is 10.1. The molecular formula is C21H25F2N7O8P2S2. The molecule has 2 aliphatic heterocycles. The van der Waals surface area contributed by atoms with E-state index in [-0.39, 0.29) is 23.4 Å². The molecule has 228 valence electrons. The number of rotatable bonds is 3. The van der Waals surface area contributed by atoms with Crippen molar-refractivity contribution in [3.05, 3.63) is 41.1 Å². The molecule has 2 saturated heterocycles. The Hall–Kier alpha value is -1.92. The van der Waals surface area contributed by atoms with Crippen LogP contribution >= 0.6 is 25.8 Å². The molecule has 5 heterocycles. The first-order valence-electron chi connectivity index (χ1n) is 12.6. The van der Waals surface area contributed by atoms with Crippen LogP contribution in [0.25, 0.3) is 11.2 Å². The number of H-pyrrole nitrogens is 1. The van der Waals surface area contributed by atoms with Gasteiger partial charge in [0.05, 0.1) is 25.6 Å². The van der Waals surface area contributed by atoms with Gasteiger partial charge in [0.1, 0.15) is 42.5 Å². The van der Waals surface area contributed by atoms with Gasteiger partial charge in [0, 0.05) is 12.1 Å². The summed E-state index contributed by atoms with van der Waals surface area (Å²) in [5, 5.41) is 2.94. The normalized spacial score (nSPS) is 39.3. The van der Waals surface area contributed by atoms with E-state index < -0.39 is 81.1 Å². The van der Waals surface area contributed by atoms with E-state index in [0.29, 0.717) is 5.82 Å². The number of anilines is 1. The van der Waals surface area contributed by atoms with Gasteiger partial charge in [-0.1, -0.05) is 12.2 Å². The molecule has 0 amide bonds. The predicted octanol–water partition coefficient (Wildman–Crippen LogP) is 2.36. The molecule has 42 heavy (non-hydrogen) atoms. The number of aromatic nitrogens is 6. The van der Waals surface area contributed by atoms with Crippen LogP contribution in [-0.4, -0.2) is 84.3 Å². The molecule has 0 spiro atoms. The molecule has 10 atom stereocenters. The minimum absolute atomic E-state index is 0.0461. The Morgan fingerprint density at radius 3 is 2.79 bits per heavy atom. The van der Waals surface area contributed by atoms with Crippen molar-refractivity contribution >= 4 is 54.6 Å². The fourth-order valence-corrected chi connectivity index (χ4v) is 8.17. The van der Waals surface area contributed by atoms with E-state index in [1.165, 1.54) is 23.4 Å². The summed E-state index contributed by atoms with van der Waals surface area (Å²) in [6, 6.07) is 0.693. The summed E-state index contributed by atoms with van der Waals surface area (Å²) in [5.41, 5.74) is -0.521. The first-order chi connectivity index (χ1) is 19.9. The van der Waals surface area contributed by atoms with E-state index in [1.54, 1.807) is 13.0 Å². The van der Waals surface area contributed by atoms with Gasteiger partial charge in [-0.25, -0.2) is 33.3 Å². The van der Waals surface area contributed by atoms with Crippen molar-refractivity contribution < 1.29 is 41.1 Å². The van der Waals surface area contributed by atoms with Gasteiger partial charge in [0.25, 0.3) is 5.56 Å². The summed E-state index contributed by atoms with van der Waals surface area (Å²) in [5.74, 6) is -0.193. The molecule has 3 N–H and O–H groups in total. The van der Waals surface area contributed by atoms with Gasteiger partial charge in [-0.15, -0.1) is 0 Å². The molecule has 3 aromatic heterocycles. The Labute approximate surface area is 246 Å². The summed E-state index contributed by atoms with van der Waals surface area (Å²) < 4.78 is 74.0. The van der Waals surface area contributed by atoms with Gasteiger partial charge >= 0.3 is 13.5 Å². The summed E-state index contributed by atoms with van der Waals surface area (Å²) in [4.78, 5) is 41.8. The Morgan fingerprint density at radius 2 is 2.02 bits per heavy atom. The first kappa shape index (κ1) is 30.1. The van der Waals surface area contributed by atoms with Crippen LogP contribution < -0.4 is 10.9 Å². The lowest BCUT2D eigenvalue weighted by molar-refractivity contribution is -0.0495. The Morgan fingerprint density at radius 1 is 1.21 bits per heavy atom. The SMILES string of the molecule is Cc1nc2c(ncn2[C@@H]2O[C@@H]3COP(O)(=S)O[C@@H]4[C@@H](COP(=O)(S)O[C@@H]2[C@@H]3F)C[C@@H](Nc2ccncn2)[C@@H]4F)c(=O)[nH]1. The van der Waals surface area contributed by atoms with Crippen LogP contribution in [0.5, 0.6) is 0 Å². The van der Waals surface area contributed by atoms with Crippen LogP contribution in [-0.2, 0) is 39.2 Å². The van der Waals surface area contributed by atoms with Crippen molar-refractivity contribution in [2.45, 2.75) is 56.3 Å². The smallest absolute Gasteiger partial charge is 0.364 e. The zero-order chi connectivity index (χ0) is 29.8. The van der Waals surface area contributed by atoms with Gasteiger partial charge in [-0.2, -0.15) is 0 Å². The van der Waals surface area contributed by atoms with Gasteiger partial charge in [0.15, 0.2) is 23.6 Å². The molecule has 1 aliphatic carbocycles. The molecule has 15 nitrogen and oxygen atoms in total. The third kappa shape index (κ3) is 6.04. The van der Waals surface area contributed by atoms with Gasteiger partial charge in [-0.3, -0.25) is 13.9 Å². The number of alkyl halides is 2. The number of halogens is 2. The van der Waals surface area contributed by atoms with E-state index in [2.05, 4.69) is 42.5 Å². The highest BCUT2D eigenvalue weighted by Gasteiger charge is 2.53. The molecule has 3 fully saturated rings. The Balaban J connectivity index is 1.29. The molecule has 2 bridgehead atoms. The minimum atomic E-state index is -4.33. The lowest BCUT2D eigenvalue weighted by Gasteiger charge is -2.28. The first-order valence-corrected chi connectivity index (χ1v) is 17.9. The number of fused-ring (bicyclic) bond motifs is 4. The van der Waals surface area contributed by atoms with Gasteiger partial charge in [-0.05, 0) is 31.2 Å². The third-order valence-electron chi connectivity index (χ3n) is 7.09. The van der Waals surface area contributed by atoms with E-state index in [4.69, 9.17) is 34.6 Å². The Bertz CT molecular complexity index is 1620. The van der Waals surface area contributed by atoms with Crippen LogP contribution in [0.3, 0.4) is 0 Å². The standard InChI is InChI=1S/C21H25F2N7O8P2S2/c1-9-27-19-16(20(31)28-9)26-8-30(19)21-18-15(23)12(36-21)6-35-40(33,42)37-17-10(5-34-39(32,41)38-18)4-11(14(17)22)29-13-2-3-24-7-25-13/h2-3,7-8,10-12,14-15,17-18,21H,4-6H2,1H3,(H,32,41)(H,33,42)(H,24,25,29)(H,27,28,31)/t10-,11-,12-,14+,15-,17-,18-,21-,39?,40?/m1/s1.